The zero-order chi connectivity index (χ0) is 15.5. The van der Waals surface area contributed by atoms with E-state index in [1.165, 1.54) is 0 Å². The van der Waals surface area contributed by atoms with Crippen molar-refractivity contribution in [2.75, 3.05) is 7.11 Å². The summed E-state index contributed by atoms with van der Waals surface area (Å²) in [7, 11) is 1.66. The molecule has 1 rings (SSSR count). The minimum absolute atomic E-state index is 0.499. The summed E-state index contributed by atoms with van der Waals surface area (Å²) >= 11 is 0. The summed E-state index contributed by atoms with van der Waals surface area (Å²) in [5, 5.41) is 9.17. The maximum absolute atomic E-state index is 11.2. The third kappa shape index (κ3) is 2.82. The number of carboxylic acids is 1. The normalized spacial score (nSPS) is 13.3. The van der Waals surface area contributed by atoms with Gasteiger partial charge in [0.05, 0.1) is 5.92 Å². The van der Waals surface area contributed by atoms with E-state index in [4.69, 9.17) is 4.74 Å². The van der Waals surface area contributed by atoms with Crippen LogP contribution in [0.15, 0.2) is 0 Å². The molecule has 1 N–H and O–H groups in total. The molecular formula is C15H24N2O3. The Kier molecular flexibility index (Phi) is 5.22. The molecule has 0 radical (unpaired) electrons. The quantitative estimate of drug-likeness (QED) is 0.867. The number of aliphatic carboxylic acids is 1. The first-order chi connectivity index (χ1) is 9.32. The number of ether oxygens (including phenoxy) is 1. The smallest absolute Gasteiger partial charge is 0.310 e. The van der Waals surface area contributed by atoms with Crippen LogP contribution >= 0.6 is 0 Å². The maximum atomic E-state index is 11.2. The number of hydrogen-bond acceptors (Lipinski definition) is 4. The average molecular weight is 280 g/mol. The first-order valence-corrected chi connectivity index (χ1v) is 6.96. The predicted molar refractivity (Wildman–Crippen MR) is 76.8 cm³/mol. The Morgan fingerprint density at radius 2 is 1.70 bits per heavy atom. The average Bonchev–Trinajstić information content (AvgIpc) is 2.40. The minimum atomic E-state index is -0.864. The summed E-state index contributed by atoms with van der Waals surface area (Å²) in [4.78, 5) is 20.2. The van der Waals surface area contributed by atoms with Gasteiger partial charge in [0, 0.05) is 24.1 Å². The standard InChI is InChI=1S/C15H24N2O3/c1-7-15(8-2,20-6)14-16-10(4)12(11(5)17-14)9(3)13(18)19/h9H,7-8H2,1-6H3,(H,18,19). The van der Waals surface area contributed by atoms with Crippen LogP contribution in [0.1, 0.15) is 62.3 Å². The summed E-state index contributed by atoms with van der Waals surface area (Å²) < 4.78 is 5.64. The lowest BCUT2D eigenvalue weighted by atomic mass is 9.93. The fourth-order valence-corrected chi connectivity index (χ4v) is 2.63. The first-order valence-electron chi connectivity index (χ1n) is 6.96. The van der Waals surface area contributed by atoms with Gasteiger partial charge in [0.25, 0.3) is 0 Å². The third-order valence-corrected chi connectivity index (χ3v) is 4.07. The molecule has 0 aromatic carbocycles. The van der Waals surface area contributed by atoms with E-state index in [-0.39, 0.29) is 0 Å². The van der Waals surface area contributed by atoms with E-state index < -0.39 is 17.5 Å². The molecule has 5 heteroatoms. The van der Waals surface area contributed by atoms with E-state index in [0.717, 1.165) is 12.8 Å². The highest BCUT2D eigenvalue weighted by Gasteiger charge is 2.33. The summed E-state index contributed by atoms with van der Waals surface area (Å²) in [5.41, 5.74) is 1.62. The molecule has 1 unspecified atom stereocenters. The van der Waals surface area contributed by atoms with Gasteiger partial charge in [-0.3, -0.25) is 4.79 Å². The molecule has 0 bridgehead atoms. The molecular weight excluding hydrogens is 256 g/mol. The van der Waals surface area contributed by atoms with Crippen molar-refractivity contribution < 1.29 is 14.6 Å². The Hall–Kier alpha value is -1.49. The van der Waals surface area contributed by atoms with Crippen LogP contribution in [0.25, 0.3) is 0 Å². The topological polar surface area (TPSA) is 72.3 Å². The fraction of sp³-hybridized carbons (Fsp3) is 0.667. The molecule has 0 fully saturated rings. The van der Waals surface area contributed by atoms with E-state index in [2.05, 4.69) is 9.97 Å². The van der Waals surface area contributed by atoms with E-state index in [0.29, 0.717) is 22.8 Å². The van der Waals surface area contributed by atoms with Crippen LogP contribution in [0, 0.1) is 13.8 Å². The van der Waals surface area contributed by atoms with Gasteiger partial charge in [-0.1, -0.05) is 13.8 Å². The minimum Gasteiger partial charge on any atom is -0.481 e. The molecule has 0 spiro atoms. The van der Waals surface area contributed by atoms with E-state index >= 15 is 0 Å². The number of rotatable bonds is 6. The molecule has 1 heterocycles. The van der Waals surface area contributed by atoms with Crippen LogP contribution in [-0.4, -0.2) is 28.2 Å². The van der Waals surface area contributed by atoms with Gasteiger partial charge in [0.2, 0.25) is 0 Å². The Morgan fingerprint density at radius 3 is 2.00 bits per heavy atom. The lowest BCUT2D eigenvalue weighted by molar-refractivity contribution is -0.138. The van der Waals surface area contributed by atoms with Crippen LogP contribution in [0.5, 0.6) is 0 Å². The molecule has 0 aliphatic heterocycles. The van der Waals surface area contributed by atoms with Gasteiger partial charge in [-0.05, 0) is 33.6 Å². The van der Waals surface area contributed by atoms with E-state index in [1.807, 2.05) is 27.7 Å². The van der Waals surface area contributed by atoms with Crippen LogP contribution in [-0.2, 0) is 15.1 Å². The molecule has 0 saturated carbocycles. The molecule has 1 aromatic rings. The number of aromatic nitrogens is 2. The van der Waals surface area contributed by atoms with Crippen molar-refractivity contribution in [1.29, 1.82) is 0 Å². The number of nitrogens with zero attached hydrogens (tertiary/aromatic N) is 2. The molecule has 112 valence electrons. The van der Waals surface area contributed by atoms with Crippen molar-refractivity contribution in [3.05, 3.63) is 22.8 Å². The van der Waals surface area contributed by atoms with Gasteiger partial charge in [-0.25, -0.2) is 9.97 Å². The fourth-order valence-electron chi connectivity index (χ4n) is 2.63. The van der Waals surface area contributed by atoms with Crippen molar-refractivity contribution in [3.63, 3.8) is 0 Å². The maximum Gasteiger partial charge on any atom is 0.310 e. The molecule has 1 aromatic heterocycles. The lowest BCUT2D eigenvalue weighted by Gasteiger charge is -2.29. The Labute approximate surface area is 120 Å². The van der Waals surface area contributed by atoms with E-state index in [1.54, 1.807) is 14.0 Å². The summed E-state index contributed by atoms with van der Waals surface area (Å²) in [6.45, 7) is 9.39. The van der Waals surface area contributed by atoms with Gasteiger partial charge in [0.1, 0.15) is 5.60 Å². The van der Waals surface area contributed by atoms with Crippen molar-refractivity contribution in [3.8, 4) is 0 Å². The van der Waals surface area contributed by atoms with Gasteiger partial charge in [-0.2, -0.15) is 0 Å². The molecule has 20 heavy (non-hydrogen) atoms. The zero-order valence-corrected chi connectivity index (χ0v) is 13.1. The summed E-state index contributed by atoms with van der Waals surface area (Å²) in [5.74, 6) is -0.831. The van der Waals surface area contributed by atoms with Gasteiger partial charge in [0.15, 0.2) is 5.82 Å². The Bertz CT molecular complexity index is 465. The third-order valence-electron chi connectivity index (χ3n) is 4.07. The SMILES string of the molecule is CCC(CC)(OC)c1nc(C)c(C(C)C(=O)O)c(C)n1. The monoisotopic (exact) mass is 280 g/mol. The number of aryl methyl sites for hydroxylation is 2. The number of carboxylic acid groups (broad SMARTS) is 1. The Balaban J connectivity index is 3.40. The molecule has 5 nitrogen and oxygen atoms in total. The molecule has 0 aliphatic rings. The highest BCUT2D eigenvalue weighted by molar-refractivity contribution is 5.76. The first kappa shape index (κ1) is 16.6. The van der Waals surface area contributed by atoms with Gasteiger partial charge < -0.3 is 9.84 Å². The summed E-state index contributed by atoms with van der Waals surface area (Å²) in [6, 6.07) is 0. The van der Waals surface area contributed by atoms with E-state index in [9.17, 15) is 9.90 Å². The number of hydrogen-bond donors (Lipinski definition) is 1. The van der Waals surface area contributed by atoms with Crippen LogP contribution < -0.4 is 0 Å². The summed E-state index contributed by atoms with van der Waals surface area (Å²) in [6.07, 6.45) is 1.54. The highest BCUT2D eigenvalue weighted by Crippen LogP contribution is 2.32. The van der Waals surface area contributed by atoms with Crippen LogP contribution in [0.2, 0.25) is 0 Å². The van der Waals surface area contributed by atoms with Crippen molar-refractivity contribution in [2.45, 2.75) is 59.0 Å². The predicted octanol–water partition coefficient (Wildman–Crippen LogP) is 2.94. The van der Waals surface area contributed by atoms with Crippen LogP contribution in [0.3, 0.4) is 0 Å². The number of methoxy groups -OCH3 is 1. The van der Waals surface area contributed by atoms with Crippen molar-refractivity contribution >= 4 is 5.97 Å². The molecule has 0 aliphatic carbocycles. The van der Waals surface area contributed by atoms with Crippen molar-refractivity contribution in [2.24, 2.45) is 0 Å². The second kappa shape index (κ2) is 6.31. The van der Waals surface area contributed by atoms with Crippen LogP contribution in [0.4, 0.5) is 0 Å². The second-order valence-corrected chi connectivity index (χ2v) is 5.10. The lowest BCUT2D eigenvalue weighted by Crippen LogP contribution is -2.30. The zero-order valence-electron chi connectivity index (χ0n) is 13.1. The molecule has 0 amide bonds. The molecule has 0 saturated heterocycles. The Morgan fingerprint density at radius 1 is 1.25 bits per heavy atom. The second-order valence-electron chi connectivity index (χ2n) is 5.10. The number of carbonyl (C=O) groups is 1. The largest absolute Gasteiger partial charge is 0.481 e. The van der Waals surface area contributed by atoms with Gasteiger partial charge in [-0.15, -0.1) is 0 Å². The van der Waals surface area contributed by atoms with Gasteiger partial charge >= 0.3 is 5.97 Å². The van der Waals surface area contributed by atoms with Crippen molar-refractivity contribution in [1.82, 2.24) is 9.97 Å². The molecule has 1 atom stereocenters. The highest BCUT2D eigenvalue weighted by atomic mass is 16.5.